The molecule has 0 atom stereocenters. The Morgan fingerprint density at radius 1 is 1.11 bits per heavy atom. The van der Waals surface area contributed by atoms with Crippen LogP contribution in [0.5, 0.6) is 5.75 Å². The Hall–Kier alpha value is -2.19. The minimum Gasteiger partial charge on any atom is -0.716 e. The fourth-order valence-electron chi connectivity index (χ4n) is 1.60. The molecule has 7 nitrogen and oxygen atoms in total. The summed E-state index contributed by atoms with van der Waals surface area (Å²) in [6, 6.07) is 8.37. The Morgan fingerprint density at radius 2 is 1.72 bits per heavy atom. The van der Waals surface area contributed by atoms with E-state index >= 15 is 0 Å². The van der Waals surface area contributed by atoms with E-state index in [1.54, 1.807) is 12.1 Å². The summed E-state index contributed by atoms with van der Waals surface area (Å²) in [5.74, 6) is -0.203. The van der Waals surface area contributed by atoms with Crippen LogP contribution in [0.2, 0.25) is 0 Å². The van der Waals surface area contributed by atoms with Crippen LogP contribution in [0, 0.1) is 4.91 Å². The van der Waals surface area contributed by atoms with Gasteiger partial charge < -0.3 is 8.74 Å². The quantitative estimate of drug-likeness (QED) is 0.513. The lowest BCUT2D eigenvalue weighted by Gasteiger charge is -2.10. The van der Waals surface area contributed by atoms with Gasteiger partial charge in [0.1, 0.15) is 5.75 Å². The predicted molar refractivity (Wildman–Crippen MR) is 59.3 cm³/mol. The first-order valence-corrected chi connectivity index (χ1v) is 6.05. The van der Waals surface area contributed by atoms with E-state index in [1.807, 2.05) is 0 Å². The molecule has 0 saturated heterocycles. The fourth-order valence-corrected chi connectivity index (χ4v) is 1.97. The number of rotatable bonds is 3. The van der Waals surface area contributed by atoms with Crippen molar-refractivity contribution in [1.82, 2.24) is 0 Å². The van der Waals surface area contributed by atoms with Crippen molar-refractivity contribution in [3.05, 3.63) is 41.3 Å². The lowest BCUT2D eigenvalue weighted by Crippen LogP contribution is -2.07. The lowest BCUT2D eigenvalue weighted by molar-refractivity contribution is -0.728. The molecule has 0 bridgehead atoms. The van der Waals surface area contributed by atoms with E-state index < -0.39 is 10.4 Å². The smallest absolute Gasteiger partial charge is 0.324 e. The zero-order valence-electron chi connectivity index (χ0n) is 8.81. The summed E-state index contributed by atoms with van der Waals surface area (Å²) in [6.45, 7) is 0. The Balaban J connectivity index is 2.72. The first-order valence-electron chi connectivity index (χ1n) is 4.72. The van der Waals surface area contributed by atoms with Crippen molar-refractivity contribution >= 4 is 26.9 Å². The topological polar surface area (TPSA) is 107 Å². The molecular weight excluding hydrogens is 262 g/mol. The molecule has 0 saturated carbocycles. The normalized spacial score (nSPS) is 11.4. The first-order chi connectivity index (χ1) is 8.38. The van der Waals surface area contributed by atoms with Gasteiger partial charge in [0, 0.05) is 11.5 Å². The van der Waals surface area contributed by atoms with Crippen molar-refractivity contribution in [3.63, 3.8) is 0 Å². The van der Waals surface area contributed by atoms with Crippen molar-refractivity contribution in [2.24, 2.45) is 0 Å². The van der Waals surface area contributed by atoms with Gasteiger partial charge in [-0.15, -0.1) is 0 Å². The minimum absolute atomic E-state index is 0.0822. The molecule has 0 amide bonds. The summed E-state index contributed by atoms with van der Waals surface area (Å²) in [4.78, 5) is 10.6. The number of benzene rings is 2. The summed E-state index contributed by atoms with van der Waals surface area (Å²) >= 11 is 0. The third-order valence-electron chi connectivity index (χ3n) is 2.26. The number of hydrogen-bond donors (Lipinski definition) is 1. The highest BCUT2D eigenvalue weighted by Crippen LogP contribution is 2.32. The second-order valence-electron chi connectivity index (χ2n) is 3.39. The highest BCUT2D eigenvalue weighted by molar-refractivity contribution is 7.81. The summed E-state index contributed by atoms with van der Waals surface area (Å²) in [7, 11) is -4.91. The highest BCUT2D eigenvalue weighted by Gasteiger charge is 2.19. The van der Waals surface area contributed by atoms with Gasteiger partial charge in [0.15, 0.2) is 0 Å². The van der Waals surface area contributed by atoms with E-state index in [1.165, 1.54) is 12.1 Å². The van der Waals surface area contributed by atoms with Crippen molar-refractivity contribution in [3.8, 4) is 5.75 Å². The summed E-state index contributed by atoms with van der Waals surface area (Å²) in [5, 5.41) is 9.39. The Kier molecular flexibility index (Phi) is 2.89. The Bertz CT molecular complexity index is 724. The zero-order chi connectivity index (χ0) is 13.3. The molecule has 0 aliphatic carbocycles. The summed E-state index contributed by atoms with van der Waals surface area (Å²) in [5.41, 5.74) is -0.0822. The van der Waals surface area contributed by atoms with Gasteiger partial charge in [-0.05, 0) is 12.1 Å². The van der Waals surface area contributed by atoms with Gasteiger partial charge in [-0.1, -0.05) is 18.2 Å². The van der Waals surface area contributed by atoms with Crippen LogP contribution in [-0.2, 0) is 10.4 Å². The molecule has 0 aromatic heterocycles. The van der Waals surface area contributed by atoms with Gasteiger partial charge >= 0.3 is 5.69 Å². The average Bonchev–Trinajstić information content (AvgIpc) is 2.27. The molecule has 2 rings (SSSR count). The van der Waals surface area contributed by atoms with Gasteiger partial charge in [-0.2, -0.15) is 0 Å². The molecule has 2 aromatic rings. The molecule has 2 aromatic carbocycles. The third-order valence-corrected chi connectivity index (χ3v) is 2.64. The molecule has 1 N–H and O–H groups in total. The molecule has 94 valence electrons. The van der Waals surface area contributed by atoms with E-state index in [0.717, 1.165) is 12.1 Å². The molecule has 0 fully saturated rings. The molecule has 0 aliphatic heterocycles. The first kappa shape index (κ1) is 12.3. The fraction of sp³-hybridized carbons (Fsp3) is 0. The van der Waals surface area contributed by atoms with Crippen LogP contribution in [0.3, 0.4) is 0 Å². The maximum atomic E-state index is 10.9. The Labute approximate surface area is 102 Å². The van der Waals surface area contributed by atoms with Crippen LogP contribution in [-0.4, -0.2) is 23.1 Å². The van der Waals surface area contributed by atoms with E-state index in [0.29, 0.717) is 0 Å². The van der Waals surface area contributed by atoms with Crippen LogP contribution in [0.4, 0.5) is 5.69 Å². The monoisotopic (exact) mass is 269 g/mol. The van der Waals surface area contributed by atoms with Crippen LogP contribution < -0.4 is 4.18 Å². The Morgan fingerprint density at radius 3 is 2.28 bits per heavy atom. The molecule has 0 heterocycles. The van der Waals surface area contributed by atoms with E-state index in [4.69, 9.17) is 5.21 Å². The van der Waals surface area contributed by atoms with Crippen LogP contribution >= 0.6 is 0 Å². The maximum absolute atomic E-state index is 10.9. The van der Waals surface area contributed by atoms with Gasteiger partial charge in [-0.3, -0.25) is 0 Å². The van der Waals surface area contributed by atoms with E-state index in [-0.39, 0.29) is 27.1 Å². The molecule has 0 spiro atoms. The van der Waals surface area contributed by atoms with Crippen molar-refractivity contribution < 1.29 is 27.3 Å². The number of fused-ring (bicyclic) bond motifs is 1. The van der Waals surface area contributed by atoms with Crippen molar-refractivity contribution in [1.29, 1.82) is 0 Å². The van der Waals surface area contributed by atoms with E-state index in [9.17, 15) is 17.9 Å². The lowest BCUT2D eigenvalue weighted by atomic mass is 10.1. The molecule has 0 aliphatic rings. The molecule has 0 radical (unpaired) electrons. The van der Waals surface area contributed by atoms with Crippen molar-refractivity contribution in [2.45, 2.75) is 0 Å². The van der Waals surface area contributed by atoms with Crippen LogP contribution in [0.15, 0.2) is 36.4 Å². The highest BCUT2D eigenvalue weighted by atomic mass is 32.3. The second-order valence-corrected chi connectivity index (χ2v) is 4.38. The largest absolute Gasteiger partial charge is 0.716 e. The molecule has 0 unspecified atom stereocenters. The maximum Gasteiger partial charge on any atom is 0.324 e. The van der Waals surface area contributed by atoms with Crippen LogP contribution in [0.25, 0.3) is 10.8 Å². The minimum atomic E-state index is -4.91. The van der Waals surface area contributed by atoms with Gasteiger partial charge in [0.25, 0.3) is 15.3 Å². The third kappa shape index (κ3) is 2.39. The standard InChI is InChI=1S/C10H7NO6S/c12-11(13)9-5-6-10(17-18(14,15)16)8-4-2-1-3-7(8)9/h1-6H,(H-,12,13,14,15,16). The molecule has 8 heteroatoms. The molecule has 18 heavy (non-hydrogen) atoms. The van der Waals surface area contributed by atoms with E-state index in [2.05, 4.69) is 4.18 Å². The van der Waals surface area contributed by atoms with Crippen molar-refractivity contribution in [2.75, 3.05) is 0 Å². The average molecular weight is 269 g/mol. The summed E-state index contributed by atoms with van der Waals surface area (Å²) < 4.78 is 36.0. The zero-order valence-corrected chi connectivity index (χ0v) is 9.62. The number of hydrogen-bond acceptors (Lipinski definition) is 5. The number of nitrogens with zero attached hydrogens (tertiary/aromatic N) is 1. The van der Waals surface area contributed by atoms with Gasteiger partial charge in [0.05, 0.1) is 10.3 Å². The van der Waals surface area contributed by atoms with Gasteiger partial charge in [0.2, 0.25) is 0 Å². The van der Waals surface area contributed by atoms with Gasteiger partial charge in [-0.25, -0.2) is 13.6 Å². The summed E-state index contributed by atoms with van der Waals surface area (Å²) in [6.07, 6.45) is 0. The SMILES string of the molecule is O=[N+](O)c1ccc(OS(=O)(=O)[O-])c2ccccc12. The molecular formula is C10H7NO6S. The second kappa shape index (κ2) is 4.24. The predicted octanol–water partition coefficient (Wildman–Crippen LogP) is 1.48. The van der Waals surface area contributed by atoms with Crippen LogP contribution in [0.1, 0.15) is 0 Å².